The van der Waals surface area contributed by atoms with E-state index in [4.69, 9.17) is 9.47 Å². The monoisotopic (exact) mass is 369 g/mol. The number of hydrogen-bond acceptors (Lipinski definition) is 4. The Hall–Kier alpha value is -1.79. The molecule has 0 spiro atoms. The second kappa shape index (κ2) is 12.6. The zero-order valence-corrected chi connectivity index (χ0v) is 15.5. The molecule has 0 saturated heterocycles. The Morgan fingerprint density at radius 1 is 0.920 bits per heavy atom. The maximum absolute atomic E-state index is 10.1. The van der Waals surface area contributed by atoms with Gasteiger partial charge >= 0.3 is 0 Å². The van der Waals surface area contributed by atoms with Crippen molar-refractivity contribution in [2.75, 3.05) is 26.2 Å². The van der Waals surface area contributed by atoms with Gasteiger partial charge in [-0.25, -0.2) is 0 Å². The van der Waals surface area contributed by atoms with Crippen LogP contribution < -0.4 is 9.47 Å². The minimum Gasteiger partial charge on any atom is -0.487 e. The predicted molar refractivity (Wildman–Crippen MR) is 103 cm³/mol. The molecule has 2 rings (SSSR count). The van der Waals surface area contributed by atoms with Crippen LogP contribution in [0.15, 0.2) is 54.6 Å². The molecule has 0 saturated carbocycles. The first-order valence-electron chi connectivity index (χ1n) is 8.08. The third kappa shape index (κ3) is 7.75. The molecule has 6 heteroatoms. The number of rotatable bonds is 9. The van der Waals surface area contributed by atoms with Gasteiger partial charge in [0.2, 0.25) is 0 Å². The number of nitrogens with zero attached hydrogens (tertiary/aromatic N) is 1. The average Bonchev–Trinajstić information content (AvgIpc) is 2.60. The Morgan fingerprint density at radius 3 is 2.08 bits per heavy atom. The van der Waals surface area contributed by atoms with Gasteiger partial charge in [0.05, 0.1) is 0 Å². The van der Waals surface area contributed by atoms with Crippen molar-refractivity contribution in [1.82, 2.24) is 4.90 Å². The van der Waals surface area contributed by atoms with Gasteiger partial charge in [0.25, 0.3) is 0 Å². The molecule has 0 fully saturated rings. The van der Waals surface area contributed by atoms with E-state index in [0.717, 1.165) is 18.8 Å². The quantitative estimate of drug-likeness (QED) is 0.736. The molecule has 140 valence electrons. The van der Waals surface area contributed by atoms with Crippen LogP contribution in [0.2, 0.25) is 0 Å². The molecule has 5 nitrogen and oxygen atoms in total. The van der Waals surface area contributed by atoms with Gasteiger partial charge in [-0.3, -0.25) is 0 Å². The highest BCUT2D eigenvalue weighted by Gasteiger charge is 2.12. The van der Waals surface area contributed by atoms with Crippen molar-refractivity contribution in [1.29, 1.82) is 0 Å². The third-order valence-corrected chi connectivity index (χ3v) is 3.61. The average molecular weight is 370 g/mol. The number of ether oxygens (including phenoxy) is 2. The Kier molecular flexibility index (Phi) is 11.7. The van der Waals surface area contributed by atoms with E-state index in [1.807, 2.05) is 54.6 Å². The van der Waals surface area contributed by atoms with Crippen molar-refractivity contribution >= 4 is 12.4 Å². The Bertz CT molecular complexity index is 579. The fourth-order valence-electron chi connectivity index (χ4n) is 2.29. The van der Waals surface area contributed by atoms with Crippen molar-refractivity contribution in [2.24, 2.45) is 0 Å². The van der Waals surface area contributed by atoms with E-state index in [1.54, 1.807) is 0 Å². The highest BCUT2D eigenvalue weighted by atomic mass is 35.5. The first kappa shape index (κ1) is 23.2. The number of hydrogen-bond donors (Lipinski definition) is 1. The Morgan fingerprint density at radius 2 is 1.48 bits per heavy atom. The summed E-state index contributed by atoms with van der Waals surface area (Å²) in [4.78, 5) is 2.17. The normalized spacial score (nSPS) is 11.2. The van der Waals surface area contributed by atoms with E-state index >= 15 is 0 Å². The fourth-order valence-corrected chi connectivity index (χ4v) is 2.29. The summed E-state index contributed by atoms with van der Waals surface area (Å²) in [5.41, 5.74) is 0. The van der Waals surface area contributed by atoms with Crippen molar-refractivity contribution in [3.8, 4) is 17.2 Å². The number of aliphatic hydroxyl groups excluding tert-OH is 1. The van der Waals surface area contributed by atoms with Crippen LogP contribution in [-0.4, -0.2) is 47.8 Å². The summed E-state index contributed by atoms with van der Waals surface area (Å²) in [5, 5.41) is 10.1. The number of aliphatic hydroxyl groups is 1. The van der Waals surface area contributed by atoms with Gasteiger partial charge in [-0.15, -0.1) is 12.4 Å². The first-order chi connectivity index (χ1) is 11.2. The Balaban J connectivity index is 0.00000288. The maximum atomic E-state index is 10.1. The summed E-state index contributed by atoms with van der Waals surface area (Å²) < 4.78 is 11.6. The second-order valence-electron chi connectivity index (χ2n) is 5.31. The fraction of sp³-hybridized carbons (Fsp3) is 0.368. The minimum atomic E-state index is -0.528. The lowest BCUT2D eigenvalue weighted by molar-refractivity contribution is 0.0708. The second-order valence-corrected chi connectivity index (χ2v) is 5.31. The van der Waals surface area contributed by atoms with Crippen molar-refractivity contribution in [2.45, 2.75) is 20.0 Å². The van der Waals surface area contributed by atoms with Gasteiger partial charge in [0.1, 0.15) is 18.5 Å². The molecule has 0 bridgehead atoms. The highest BCUT2D eigenvalue weighted by Crippen LogP contribution is 2.31. The SMILES string of the molecule is CCN(CC)CC(O)COc1ccccc1Oc1ccccc1.Cl.O. The first-order valence-corrected chi connectivity index (χ1v) is 8.08. The molecule has 0 aromatic heterocycles. The number of halogens is 1. The molecule has 0 aliphatic heterocycles. The lowest BCUT2D eigenvalue weighted by Gasteiger charge is -2.22. The van der Waals surface area contributed by atoms with E-state index in [-0.39, 0.29) is 24.5 Å². The van der Waals surface area contributed by atoms with Gasteiger partial charge in [-0.2, -0.15) is 0 Å². The summed E-state index contributed by atoms with van der Waals surface area (Å²) in [5.74, 6) is 2.04. The van der Waals surface area contributed by atoms with Gasteiger partial charge in [0.15, 0.2) is 11.5 Å². The zero-order valence-electron chi connectivity index (χ0n) is 14.7. The van der Waals surface area contributed by atoms with E-state index in [1.165, 1.54) is 0 Å². The maximum Gasteiger partial charge on any atom is 0.169 e. The molecule has 2 aromatic rings. The largest absolute Gasteiger partial charge is 0.487 e. The van der Waals surface area contributed by atoms with Gasteiger partial charge < -0.3 is 25.0 Å². The van der Waals surface area contributed by atoms with Crippen molar-refractivity contribution in [3.63, 3.8) is 0 Å². The molecule has 25 heavy (non-hydrogen) atoms. The molecule has 0 radical (unpaired) electrons. The van der Waals surface area contributed by atoms with Crippen molar-refractivity contribution < 1.29 is 20.1 Å². The molecule has 0 aliphatic rings. The van der Waals surface area contributed by atoms with Crippen LogP contribution in [0.5, 0.6) is 17.2 Å². The van der Waals surface area contributed by atoms with Gasteiger partial charge in [-0.1, -0.05) is 44.2 Å². The molecule has 0 amide bonds. The van der Waals surface area contributed by atoms with Crippen LogP contribution in [-0.2, 0) is 0 Å². The molecule has 0 heterocycles. The van der Waals surface area contributed by atoms with E-state index in [0.29, 0.717) is 18.0 Å². The molecule has 1 unspecified atom stereocenters. The van der Waals surface area contributed by atoms with Crippen molar-refractivity contribution in [3.05, 3.63) is 54.6 Å². The molecular weight excluding hydrogens is 342 g/mol. The smallest absolute Gasteiger partial charge is 0.169 e. The summed E-state index contributed by atoms with van der Waals surface area (Å²) in [7, 11) is 0. The number of likely N-dealkylation sites (N-methyl/N-ethyl adjacent to an activating group) is 1. The highest BCUT2D eigenvalue weighted by molar-refractivity contribution is 5.85. The summed E-state index contributed by atoms with van der Waals surface area (Å²) >= 11 is 0. The summed E-state index contributed by atoms with van der Waals surface area (Å²) in [6.07, 6.45) is -0.528. The summed E-state index contributed by atoms with van der Waals surface area (Å²) in [6, 6.07) is 17.1. The predicted octanol–water partition coefficient (Wildman–Crippen LogP) is 3.16. The topological polar surface area (TPSA) is 73.4 Å². The Labute approximate surface area is 155 Å². The molecule has 3 N–H and O–H groups in total. The van der Waals surface area contributed by atoms with Crippen LogP contribution in [0.1, 0.15) is 13.8 Å². The molecule has 1 atom stereocenters. The number of para-hydroxylation sites is 3. The van der Waals surface area contributed by atoms with Crippen LogP contribution in [0.25, 0.3) is 0 Å². The van der Waals surface area contributed by atoms with E-state index < -0.39 is 6.10 Å². The van der Waals surface area contributed by atoms with Crippen LogP contribution >= 0.6 is 12.4 Å². The minimum absolute atomic E-state index is 0. The third-order valence-electron chi connectivity index (χ3n) is 3.61. The zero-order chi connectivity index (χ0) is 16.5. The van der Waals surface area contributed by atoms with Crippen LogP contribution in [0.3, 0.4) is 0 Å². The molecule has 0 aliphatic carbocycles. The van der Waals surface area contributed by atoms with E-state index in [9.17, 15) is 5.11 Å². The lowest BCUT2D eigenvalue weighted by Crippen LogP contribution is -2.35. The molecule has 2 aromatic carbocycles. The van der Waals surface area contributed by atoms with Gasteiger partial charge in [-0.05, 0) is 37.4 Å². The number of benzene rings is 2. The van der Waals surface area contributed by atoms with Crippen LogP contribution in [0.4, 0.5) is 0 Å². The lowest BCUT2D eigenvalue weighted by atomic mass is 10.3. The summed E-state index contributed by atoms with van der Waals surface area (Å²) in [6.45, 7) is 6.85. The van der Waals surface area contributed by atoms with E-state index in [2.05, 4.69) is 18.7 Å². The van der Waals surface area contributed by atoms with Crippen LogP contribution in [0, 0.1) is 0 Å². The van der Waals surface area contributed by atoms with Gasteiger partial charge in [0, 0.05) is 6.54 Å². The molecular formula is C19H28ClNO4. The standard InChI is InChI=1S/C19H25NO3.ClH.H2O/c1-3-20(4-2)14-16(21)15-22-18-12-8-9-13-19(18)23-17-10-6-5-7-11-17;;/h5-13,16,21H,3-4,14-15H2,1-2H3;1H;1H2.